The zero-order chi connectivity index (χ0) is 23.6. The maximum atomic E-state index is 13.1. The minimum absolute atomic E-state index is 0.0235. The number of amides is 2. The summed E-state index contributed by atoms with van der Waals surface area (Å²) in [5.41, 5.74) is 1.62. The largest absolute Gasteiger partial charge is 0.340 e. The number of carbonyl (C=O) groups excluding carboxylic acids is 2. The number of benzene rings is 1. The van der Waals surface area contributed by atoms with Crippen LogP contribution in [0.2, 0.25) is 0 Å². The summed E-state index contributed by atoms with van der Waals surface area (Å²) in [7, 11) is -3.59. The molecule has 0 bridgehead atoms. The predicted octanol–water partition coefficient (Wildman–Crippen LogP) is 3.34. The third-order valence-electron chi connectivity index (χ3n) is 6.55. The summed E-state index contributed by atoms with van der Waals surface area (Å²) in [6.45, 7) is 5.64. The standard InChI is InChI=1S/C24H31N3O4S2/c1-18-7-8-19(2)22(17-18)33(30,31)26-14-12-25(13-15-26)23(28)9-10-24(29)27-11-3-5-20(27)21-6-4-16-32-21/h4,6-8,16-17,20H,3,5,9-15H2,1-2H3/t20-/m0/s1. The van der Waals surface area contributed by atoms with Crippen LogP contribution in [0.1, 0.15) is 47.7 Å². The molecule has 2 aromatic rings. The Hall–Kier alpha value is -2.23. The molecule has 2 saturated heterocycles. The van der Waals surface area contributed by atoms with Crippen molar-refractivity contribution in [2.45, 2.75) is 50.5 Å². The fourth-order valence-electron chi connectivity index (χ4n) is 4.66. The Kier molecular flexibility index (Phi) is 7.21. The fraction of sp³-hybridized carbons (Fsp3) is 0.500. The first-order valence-corrected chi connectivity index (χ1v) is 13.8. The van der Waals surface area contributed by atoms with E-state index in [1.807, 2.05) is 35.4 Å². The van der Waals surface area contributed by atoms with Gasteiger partial charge in [0.2, 0.25) is 21.8 Å². The average molecular weight is 490 g/mol. The number of thiophene rings is 1. The minimum atomic E-state index is -3.59. The van der Waals surface area contributed by atoms with Gasteiger partial charge in [0.05, 0.1) is 10.9 Å². The summed E-state index contributed by atoms with van der Waals surface area (Å²) in [5, 5.41) is 2.03. The van der Waals surface area contributed by atoms with Gasteiger partial charge < -0.3 is 9.80 Å². The lowest BCUT2D eigenvalue weighted by molar-refractivity contribution is -0.138. The SMILES string of the molecule is Cc1ccc(C)c(S(=O)(=O)N2CCN(C(=O)CCC(=O)N3CCC[C@H]3c3cccs3)CC2)c1. The molecule has 0 aliphatic carbocycles. The van der Waals surface area contributed by atoms with Crippen LogP contribution in [0.25, 0.3) is 0 Å². The molecule has 2 fully saturated rings. The molecule has 33 heavy (non-hydrogen) atoms. The number of aryl methyl sites for hydroxylation is 2. The number of nitrogens with zero attached hydrogens (tertiary/aromatic N) is 3. The maximum absolute atomic E-state index is 13.1. The molecule has 2 aliphatic heterocycles. The monoisotopic (exact) mass is 489 g/mol. The summed E-state index contributed by atoms with van der Waals surface area (Å²) in [6.07, 6.45) is 2.31. The number of piperazine rings is 1. The van der Waals surface area contributed by atoms with Crippen LogP contribution in [-0.2, 0) is 19.6 Å². The Balaban J connectivity index is 1.30. The third-order valence-corrected chi connectivity index (χ3v) is 9.56. The molecule has 0 radical (unpaired) electrons. The van der Waals surface area contributed by atoms with Gasteiger partial charge in [-0.2, -0.15) is 4.31 Å². The summed E-state index contributed by atoms with van der Waals surface area (Å²) >= 11 is 1.67. The molecule has 0 N–H and O–H groups in total. The van der Waals surface area contributed by atoms with Gasteiger partial charge in [-0.15, -0.1) is 11.3 Å². The number of hydrogen-bond donors (Lipinski definition) is 0. The van der Waals surface area contributed by atoms with Gasteiger partial charge in [0, 0.05) is 50.4 Å². The van der Waals surface area contributed by atoms with Gasteiger partial charge in [-0.3, -0.25) is 9.59 Å². The average Bonchev–Trinajstić information content (AvgIpc) is 3.50. The van der Waals surface area contributed by atoms with Gasteiger partial charge >= 0.3 is 0 Å². The second-order valence-corrected chi connectivity index (χ2v) is 11.7. The lowest BCUT2D eigenvalue weighted by atomic mass is 10.1. The molecular weight excluding hydrogens is 458 g/mol. The number of rotatable bonds is 6. The van der Waals surface area contributed by atoms with Crippen LogP contribution in [0, 0.1) is 13.8 Å². The van der Waals surface area contributed by atoms with Crippen LogP contribution in [0.3, 0.4) is 0 Å². The molecule has 1 aromatic carbocycles. The molecule has 178 valence electrons. The molecule has 1 aromatic heterocycles. The van der Waals surface area contributed by atoms with E-state index in [1.165, 1.54) is 9.18 Å². The lowest BCUT2D eigenvalue weighted by Crippen LogP contribution is -2.50. The first kappa shape index (κ1) is 23.9. The summed E-state index contributed by atoms with van der Waals surface area (Å²) in [4.78, 5) is 30.7. The quantitative estimate of drug-likeness (QED) is 0.624. The zero-order valence-corrected chi connectivity index (χ0v) is 20.8. The van der Waals surface area contributed by atoms with Gasteiger partial charge in [0.25, 0.3) is 0 Å². The Labute approximate surface area is 200 Å². The third kappa shape index (κ3) is 5.15. The van der Waals surface area contributed by atoms with E-state index in [0.717, 1.165) is 30.5 Å². The van der Waals surface area contributed by atoms with Gasteiger partial charge in [0.15, 0.2) is 0 Å². The van der Waals surface area contributed by atoms with Crippen LogP contribution >= 0.6 is 11.3 Å². The van der Waals surface area contributed by atoms with E-state index in [2.05, 4.69) is 6.07 Å². The second kappa shape index (κ2) is 9.95. The first-order valence-electron chi connectivity index (χ1n) is 11.5. The van der Waals surface area contributed by atoms with E-state index < -0.39 is 10.0 Å². The molecule has 3 heterocycles. The number of sulfonamides is 1. The highest BCUT2D eigenvalue weighted by Crippen LogP contribution is 2.35. The van der Waals surface area contributed by atoms with Crippen LogP contribution in [0.15, 0.2) is 40.6 Å². The molecule has 2 amide bonds. The van der Waals surface area contributed by atoms with Gasteiger partial charge in [-0.25, -0.2) is 8.42 Å². The van der Waals surface area contributed by atoms with Crippen molar-refractivity contribution in [1.82, 2.24) is 14.1 Å². The van der Waals surface area contributed by atoms with Crippen molar-refractivity contribution in [2.75, 3.05) is 32.7 Å². The van der Waals surface area contributed by atoms with Crippen LogP contribution in [0.4, 0.5) is 0 Å². The van der Waals surface area contributed by atoms with Crippen molar-refractivity contribution in [2.24, 2.45) is 0 Å². The van der Waals surface area contributed by atoms with Crippen molar-refractivity contribution in [3.63, 3.8) is 0 Å². The molecule has 2 aliphatic rings. The fourth-order valence-corrected chi connectivity index (χ4v) is 7.27. The smallest absolute Gasteiger partial charge is 0.243 e. The highest BCUT2D eigenvalue weighted by Gasteiger charge is 2.33. The maximum Gasteiger partial charge on any atom is 0.243 e. The van der Waals surface area contributed by atoms with Crippen molar-refractivity contribution in [3.05, 3.63) is 51.7 Å². The van der Waals surface area contributed by atoms with Crippen molar-refractivity contribution < 1.29 is 18.0 Å². The normalized spacial score (nSPS) is 19.8. The Morgan fingerprint density at radius 2 is 1.73 bits per heavy atom. The molecule has 0 spiro atoms. The topological polar surface area (TPSA) is 78.0 Å². The molecule has 0 unspecified atom stereocenters. The highest BCUT2D eigenvalue weighted by molar-refractivity contribution is 7.89. The van der Waals surface area contributed by atoms with Crippen LogP contribution < -0.4 is 0 Å². The molecule has 4 rings (SSSR count). The van der Waals surface area contributed by atoms with Gasteiger partial charge in [-0.1, -0.05) is 18.2 Å². The predicted molar refractivity (Wildman–Crippen MR) is 128 cm³/mol. The van der Waals surface area contributed by atoms with Crippen LogP contribution in [-0.4, -0.2) is 67.1 Å². The van der Waals surface area contributed by atoms with Gasteiger partial charge in [-0.05, 0) is 55.3 Å². The Morgan fingerprint density at radius 3 is 2.42 bits per heavy atom. The molecule has 7 nitrogen and oxygen atoms in total. The summed E-state index contributed by atoms with van der Waals surface area (Å²) in [6, 6.07) is 9.63. The zero-order valence-electron chi connectivity index (χ0n) is 19.2. The Morgan fingerprint density at radius 1 is 1.00 bits per heavy atom. The number of hydrogen-bond acceptors (Lipinski definition) is 5. The molecule has 0 saturated carbocycles. The van der Waals surface area contributed by atoms with E-state index in [-0.39, 0.29) is 43.8 Å². The molecule has 9 heteroatoms. The molecular formula is C24H31N3O4S2. The summed E-state index contributed by atoms with van der Waals surface area (Å²) < 4.78 is 27.7. The second-order valence-electron chi connectivity index (χ2n) is 8.81. The van der Waals surface area contributed by atoms with Gasteiger partial charge in [0.1, 0.15) is 0 Å². The van der Waals surface area contributed by atoms with E-state index >= 15 is 0 Å². The van der Waals surface area contributed by atoms with E-state index in [9.17, 15) is 18.0 Å². The lowest BCUT2D eigenvalue weighted by Gasteiger charge is -2.34. The van der Waals surface area contributed by atoms with Crippen molar-refractivity contribution in [3.8, 4) is 0 Å². The van der Waals surface area contributed by atoms with Crippen LogP contribution in [0.5, 0.6) is 0 Å². The number of carbonyl (C=O) groups is 2. The van der Waals surface area contributed by atoms with Crippen molar-refractivity contribution >= 4 is 33.2 Å². The Bertz CT molecular complexity index is 1110. The summed E-state index contributed by atoms with van der Waals surface area (Å²) in [5.74, 6) is -0.0607. The molecule has 1 atom stereocenters. The van der Waals surface area contributed by atoms with E-state index in [1.54, 1.807) is 29.2 Å². The van der Waals surface area contributed by atoms with Crippen molar-refractivity contribution in [1.29, 1.82) is 0 Å². The number of likely N-dealkylation sites (tertiary alicyclic amines) is 1. The van der Waals surface area contributed by atoms with E-state index in [0.29, 0.717) is 18.0 Å². The minimum Gasteiger partial charge on any atom is -0.340 e. The first-order chi connectivity index (χ1) is 15.8. The highest BCUT2D eigenvalue weighted by atomic mass is 32.2. The van der Waals surface area contributed by atoms with E-state index in [4.69, 9.17) is 0 Å².